The van der Waals surface area contributed by atoms with E-state index in [2.05, 4.69) is 0 Å². The summed E-state index contributed by atoms with van der Waals surface area (Å²) in [5, 5.41) is 8.91. The van der Waals surface area contributed by atoms with Crippen molar-refractivity contribution >= 4 is 5.97 Å². The average Bonchev–Trinajstić information content (AvgIpc) is 2.68. The molecule has 1 rings (SSSR count). The van der Waals surface area contributed by atoms with Crippen LogP contribution in [0, 0.1) is 0 Å². The van der Waals surface area contributed by atoms with E-state index in [9.17, 15) is 4.79 Å². The Kier molecular flexibility index (Phi) is 3.52. The Balaban J connectivity index is 3.01. The number of carbonyl (C=O) groups is 1. The molecule has 3 N–H and O–H groups in total. The number of hydrogen-bond acceptors (Lipinski definition) is 3. The maximum Gasteiger partial charge on any atom is 0.304 e. The molecule has 0 spiro atoms. The molecule has 84 valence electrons. The summed E-state index contributed by atoms with van der Waals surface area (Å²) in [5.41, 5.74) is 6.27. The molecule has 0 saturated heterocycles. The van der Waals surface area contributed by atoms with E-state index in [0.29, 0.717) is 0 Å². The van der Waals surface area contributed by atoms with Crippen LogP contribution in [0.2, 0.25) is 0 Å². The van der Waals surface area contributed by atoms with Gasteiger partial charge in [-0.3, -0.25) is 4.79 Å². The number of aliphatic carboxylic acids is 1. The van der Waals surface area contributed by atoms with E-state index in [1.54, 1.807) is 12.3 Å². The third-order valence-corrected chi connectivity index (χ3v) is 2.96. The van der Waals surface area contributed by atoms with E-state index in [-0.39, 0.29) is 12.5 Å². The second-order valence-electron chi connectivity index (χ2n) is 4.01. The van der Waals surface area contributed by atoms with E-state index < -0.39 is 11.4 Å². The third kappa shape index (κ3) is 2.39. The number of carboxylic acid groups (broad SMARTS) is 1. The first-order valence-corrected chi connectivity index (χ1v) is 5.00. The Morgan fingerprint density at radius 3 is 2.80 bits per heavy atom. The normalized spacial score (nSPS) is 17.0. The fourth-order valence-corrected chi connectivity index (χ4v) is 1.80. The van der Waals surface area contributed by atoms with Crippen LogP contribution < -0.4 is 5.73 Å². The number of nitrogens with two attached hydrogens (primary N) is 1. The largest absolute Gasteiger partial charge is 0.481 e. The second-order valence-corrected chi connectivity index (χ2v) is 4.01. The van der Waals surface area contributed by atoms with E-state index in [4.69, 9.17) is 15.3 Å². The molecule has 0 aliphatic carbocycles. The van der Waals surface area contributed by atoms with Crippen LogP contribution in [-0.2, 0) is 10.2 Å². The van der Waals surface area contributed by atoms with Crippen molar-refractivity contribution in [3.63, 3.8) is 0 Å². The van der Waals surface area contributed by atoms with Crippen LogP contribution in [0.25, 0.3) is 0 Å². The van der Waals surface area contributed by atoms with Crippen molar-refractivity contribution in [1.82, 2.24) is 0 Å². The minimum Gasteiger partial charge on any atom is -0.481 e. The second kappa shape index (κ2) is 4.49. The van der Waals surface area contributed by atoms with E-state index in [1.807, 2.05) is 13.8 Å². The Bertz CT molecular complexity index is 321. The van der Waals surface area contributed by atoms with Gasteiger partial charge in [-0.05, 0) is 18.1 Å². The Labute approximate surface area is 89.1 Å². The maximum atomic E-state index is 10.8. The summed E-state index contributed by atoms with van der Waals surface area (Å²) in [5.74, 6) is -0.845. The van der Waals surface area contributed by atoms with E-state index in [1.165, 1.54) is 6.26 Å². The van der Waals surface area contributed by atoms with Crippen molar-refractivity contribution in [1.29, 1.82) is 0 Å². The highest BCUT2D eigenvalue weighted by Gasteiger charge is 2.35. The van der Waals surface area contributed by atoms with Gasteiger partial charge in [0.1, 0.15) is 0 Å². The first kappa shape index (κ1) is 11.8. The summed E-state index contributed by atoms with van der Waals surface area (Å²) in [4.78, 5) is 10.8. The number of carboxylic acids is 1. The maximum absolute atomic E-state index is 10.8. The average molecular weight is 211 g/mol. The zero-order valence-corrected chi connectivity index (χ0v) is 9.06. The van der Waals surface area contributed by atoms with Gasteiger partial charge in [0.05, 0.1) is 18.9 Å². The molecule has 15 heavy (non-hydrogen) atoms. The minimum absolute atomic E-state index is 0.0154. The van der Waals surface area contributed by atoms with Gasteiger partial charge in [0, 0.05) is 11.5 Å². The summed E-state index contributed by atoms with van der Waals surface area (Å²) < 4.78 is 4.99. The molecule has 0 aliphatic rings. The van der Waals surface area contributed by atoms with E-state index >= 15 is 0 Å². The van der Waals surface area contributed by atoms with Gasteiger partial charge in [0.15, 0.2) is 0 Å². The van der Waals surface area contributed by atoms with Gasteiger partial charge in [-0.1, -0.05) is 13.8 Å². The zero-order valence-electron chi connectivity index (χ0n) is 9.06. The van der Waals surface area contributed by atoms with Gasteiger partial charge >= 0.3 is 5.97 Å². The molecule has 4 heteroatoms. The van der Waals surface area contributed by atoms with Gasteiger partial charge in [-0.15, -0.1) is 0 Å². The molecular formula is C11H17NO3. The van der Waals surface area contributed by atoms with Crippen LogP contribution in [0.1, 0.15) is 32.3 Å². The standard InChI is InChI=1S/C11H17NO3/c1-3-9(12)11(2,6-10(13)14)8-4-5-15-7-8/h4-5,7,9H,3,6,12H2,1-2H3,(H,13,14). The Morgan fingerprint density at radius 2 is 2.40 bits per heavy atom. The van der Waals surface area contributed by atoms with Crippen molar-refractivity contribution in [3.05, 3.63) is 24.2 Å². The predicted octanol–water partition coefficient (Wildman–Crippen LogP) is 1.75. The highest BCUT2D eigenvalue weighted by atomic mass is 16.4. The molecule has 0 aliphatic heterocycles. The van der Waals surface area contributed by atoms with Crippen molar-refractivity contribution in [2.45, 2.75) is 38.1 Å². The number of hydrogen-bond donors (Lipinski definition) is 2. The first-order valence-electron chi connectivity index (χ1n) is 5.00. The van der Waals surface area contributed by atoms with Crippen LogP contribution in [0.15, 0.2) is 23.0 Å². The molecular weight excluding hydrogens is 194 g/mol. The highest BCUT2D eigenvalue weighted by molar-refractivity contribution is 5.69. The molecule has 2 unspecified atom stereocenters. The topological polar surface area (TPSA) is 76.5 Å². The molecule has 0 bridgehead atoms. The van der Waals surface area contributed by atoms with Gasteiger partial charge < -0.3 is 15.3 Å². The van der Waals surface area contributed by atoms with Crippen molar-refractivity contribution in [2.24, 2.45) is 5.73 Å². The fraction of sp³-hybridized carbons (Fsp3) is 0.545. The summed E-state index contributed by atoms with van der Waals surface area (Å²) in [6.45, 7) is 3.81. The Hall–Kier alpha value is -1.29. The molecule has 2 atom stereocenters. The molecule has 0 fully saturated rings. The predicted molar refractivity (Wildman–Crippen MR) is 56.6 cm³/mol. The molecule has 1 aromatic heterocycles. The SMILES string of the molecule is CCC(N)C(C)(CC(=O)O)c1ccoc1. The van der Waals surface area contributed by atoms with Crippen LogP contribution >= 0.6 is 0 Å². The molecule has 0 saturated carbocycles. The molecule has 4 nitrogen and oxygen atoms in total. The summed E-state index contributed by atoms with van der Waals surface area (Å²) in [7, 11) is 0. The summed E-state index contributed by atoms with van der Waals surface area (Å²) >= 11 is 0. The Morgan fingerprint density at radius 1 is 1.73 bits per heavy atom. The lowest BCUT2D eigenvalue weighted by molar-refractivity contribution is -0.138. The summed E-state index contributed by atoms with van der Waals surface area (Å²) in [6, 6.07) is 1.59. The van der Waals surface area contributed by atoms with Crippen LogP contribution in [-0.4, -0.2) is 17.1 Å². The van der Waals surface area contributed by atoms with Gasteiger partial charge in [0.25, 0.3) is 0 Å². The van der Waals surface area contributed by atoms with Crippen LogP contribution in [0.3, 0.4) is 0 Å². The number of rotatable bonds is 5. The van der Waals surface area contributed by atoms with Crippen LogP contribution in [0.5, 0.6) is 0 Å². The van der Waals surface area contributed by atoms with Crippen LogP contribution in [0.4, 0.5) is 0 Å². The lowest BCUT2D eigenvalue weighted by Crippen LogP contribution is -2.44. The molecule has 0 radical (unpaired) electrons. The molecule has 1 aromatic rings. The summed E-state index contributed by atoms with van der Waals surface area (Å²) in [6.07, 6.45) is 3.85. The minimum atomic E-state index is -0.845. The smallest absolute Gasteiger partial charge is 0.304 e. The molecule has 0 amide bonds. The third-order valence-electron chi connectivity index (χ3n) is 2.96. The van der Waals surface area contributed by atoms with E-state index in [0.717, 1.165) is 12.0 Å². The van der Waals surface area contributed by atoms with Gasteiger partial charge in [-0.25, -0.2) is 0 Å². The van der Waals surface area contributed by atoms with Crippen molar-refractivity contribution in [2.75, 3.05) is 0 Å². The lowest BCUT2D eigenvalue weighted by atomic mass is 9.74. The highest BCUT2D eigenvalue weighted by Crippen LogP contribution is 2.32. The monoisotopic (exact) mass is 211 g/mol. The zero-order chi connectivity index (χ0) is 11.5. The van der Waals surface area contributed by atoms with Crippen molar-refractivity contribution < 1.29 is 14.3 Å². The molecule has 0 aromatic carbocycles. The van der Waals surface area contributed by atoms with Gasteiger partial charge in [0.2, 0.25) is 0 Å². The fourth-order valence-electron chi connectivity index (χ4n) is 1.80. The van der Waals surface area contributed by atoms with Crippen molar-refractivity contribution in [3.8, 4) is 0 Å². The lowest BCUT2D eigenvalue weighted by Gasteiger charge is -2.32. The first-order chi connectivity index (χ1) is 7.00. The molecule has 1 heterocycles. The quantitative estimate of drug-likeness (QED) is 0.777. The van der Waals surface area contributed by atoms with Gasteiger partial charge in [-0.2, -0.15) is 0 Å². The number of furan rings is 1.